The Morgan fingerprint density at radius 1 is 1.00 bits per heavy atom. The van der Waals surface area contributed by atoms with Crippen LogP contribution in [0, 0.1) is 0 Å². The van der Waals surface area contributed by atoms with E-state index in [9.17, 15) is 18.0 Å². The lowest BCUT2D eigenvalue weighted by molar-refractivity contribution is -0.137. The van der Waals surface area contributed by atoms with Gasteiger partial charge < -0.3 is 20.7 Å². The lowest BCUT2D eigenvalue weighted by Crippen LogP contribution is -2.36. The van der Waals surface area contributed by atoms with Crippen molar-refractivity contribution in [3.8, 4) is 5.69 Å². The van der Waals surface area contributed by atoms with Crippen LogP contribution in [-0.2, 0) is 17.3 Å². The summed E-state index contributed by atoms with van der Waals surface area (Å²) in [4.78, 5) is 27.7. The minimum Gasteiger partial charge on any atom is -0.379 e. The molecule has 40 heavy (non-hydrogen) atoms. The molecular formula is C27H29F3N8O2. The molecule has 0 saturated carbocycles. The molecule has 4 aromatic rings. The number of amides is 2. The van der Waals surface area contributed by atoms with Gasteiger partial charge in [-0.1, -0.05) is 0 Å². The molecule has 3 N–H and O–H groups in total. The fraction of sp³-hybridized carbons (Fsp3) is 0.333. The number of hydrogen-bond donors (Lipinski definition) is 3. The van der Waals surface area contributed by atoms with Gasteiger partial charge in [-0.15, -0.1) is 0 Å². The Morgan fingerprint density at radius 3 is 2.48 bits per heavy atom. The summed E-state index contributed by atoms with van der Waals surface area (Å²) in [5, 5.41) is 8.19. The SMILES string of the molecule is CNc1ncnc2c1ncn2-c1ccc(NC(=O)Nc2cc(CCCN3CCOCC3)cc(C(F)(F)F)c2)cc1. The summed E-state index contributed by atoms with van der Waals surface area (Å²) in [5.74, 6) is 0.605. The number of hydrogen-bond acceptors (Lipinski definition) is 7. The van der Waals surface area contributed by atoms with Crippen molar-refractivity contribution in [2.24, 2.45) is 0 Å². The summed E-state index contributed by atoms with van der Waals surface area (Å²) in [5.41, 5.74) is 2.25. The second-order valence-corrected chi connectivity index (χ2v) is 9.36. The summed E-state index contributed by atoms with van der Waals surface area (Å²) in [6.07, 6.45) is -0.298. The molecule has 1 aliphatic heterocycles. The number of nitrogens with zero attached hydrogens (tertiary/aromatic N) is 5. The van der Waals surface area contributed by atoms with Crippen molar-refractivity contribution in [2.45, 2.75) is 19.0 Å². The molecule has 10 nitrogen and oxygen atoms in total. The van der Waals surface area contributed by atoms with E-state index in [0.29, 0.717) is 54.3 Å². The van der Waals surface area contributed by atoms with Crippen molar-refractivity contribution < 1.29 is 22.7 Å². The number of benzene rings is 2. The number of halogens is 3. The third-order valence-corrected chi connectivity index (χ3v) is 6.60. The van der Waals surface area contributed by atoms with E-state index in [1.54, 1.807) is 48.3 Å². The first-order chi connectivity index (χ1) is 19.3. The van der Waals surface area contributed by atoms with Crippen LogP contribution >= 0.6 is 0 Å². The highest BCUT2D eigenvalue weighted by Gasteiger charge is 2.31. The fourth-order valence-electron chi connectivity index (χ4n) is 4.61. The number of ether oxygens (including phenoxy) is 1. The van der Waals surface area contributed by atoms with Crippen LogP contribution in [0.2, 0.25) is 0 Å². The number of carbonyl (C=O) groups excluding carboxylic acids is 1. The van der Waals surface area contributed by atoms with E-state index in [-0.39, 0.29) is 5.69 Å². The quantitative estimate of drug-likeness (QED) is 0.288. The minimum atomic E-state index is -4.53. The van der Waals surface area contributed by atoms with Crippen molar-refractivity contribution in [3.05, 3.63) is 66.2 Å². The number of aryl methyl sites for hydroxylation is 1. The van der Waals surface area contributed by atoms with Gasteiger partial charge in [-0.05, 0) is 67.4 Å². The molecule has 2 aromatic carbocycles. The predicted molar refractivity (Wildman–Crippen MR) is 146 cm³/mol. The topological polar surface area (TPSA) is 109 Å². The Morgan fingerprint density at radius 2 is 1.75 bits per heavy atom. The molecule has 210 valence electrons. The van der Waals surface area contributed by atoms with Crippen LogP contribution < -0.4 is 16.0 Å². The summed E-state index contributed by atoms with van der Waals surface area (Å²) in [7, 11) is 1.75. The highest BCUT2D eigenvalue weighted by atomic mass is 19.4. The van der Waals surface area contributed by atoms with Gasteiger partial charge in [-0.2, -0.15) is 13.2 Å². The summed E-state index contributed by atoms with van der Waals surface area (Å²) in [6.45, 7) is 3.75. The summed E-state index contributed by atoms with van der Waals surface area (Å²) < 4.78 is 47.8. The monoisotopic (exact) mass is 554 g/mol. The third-order valence-electron chi connectivity index (χ3n) is 6.60. The van der Waals surface area contributed by atoms with E-state index in [4.69, 9.17) is 4.74 Å². The van der Waals surface area contributed by atoms with Gasteiger partial charge in [-0.25, -0.2) is 19.7 Å². The van der Waals surface area contributed by atoms with Gasteiger partial charge in [0, 0.05) is 37.2 Å². The zero-order valence-electron chi connectivity index (χ0n) is 21.8. The molecule has 2 amide bonds. The van der Waals surface area contributed by atoms with E-state index >= 15 is 0 Å². The number of nitrogens with one attached hydrogen (secondary N) is 3. The molecule has 1 saturated heterocycles. The average molecular weight is 555 g/mol. The van der Waals surface area contributed by atoms with Gasteiger partial charge in [0.2, 0.25) is 0 Å². The molecule has 3 heterocycles. The molecule has 13 heteroatoms. The lowest BCUT2D eigenvalue weighted by atomic mass is 10.0. The molecule has 5 rings (SSSR count). The zero-order chi connectivity index (χ0) is 28.1. The molecule has 2 aromatic heterocycles. The van der Waals surface area contributed by atoms with Crippen molar-refractivity contribution in [3.63, 3.8) is 0 Å². The predicted octanol–water partition coefficient (Wildman–Crippen LogP) is 4.78. The van der Waals surface area contributed by atoms with Gasteiger partial charge in [0.05, 0.1) is 18.8 Å². The van der Waals surface area contributed by atoms with Gasteiger partial charge in [0.25, 0.3) is 0 Å². The molecule has 1 aliphatic rings. The van der Waals surface area contributed by atoms with E-state index in [1.165, 1.54) is 6.33 Å². The highest BCUT2D eigenvalue weighted by Crippen LogP contribution is 2.32. The number of morpholine rings is 1. The first kappa shape index (κ1) is 27.3. The molecule has 0 aliphatic carbocycles. The molecule has 1 fully saturated rings. The zero-order valence-corrected chi connectivity index (χ0v) is 21.8. The second-order valence-electron chi connectivity index (χ2n) is 9.36. The number of fused-ring (bicyclic) bond motifs is 1. The Labute approximate surface area is 228 Å². The molecule has 0 unspecified atom stereocenters. The number of aromatic nitrogens is 4. The van der Waals surface area contributed by atoms with E-state index in [2.05, 4.69) is 35.8 Å². The van der Waals surface area contributed by atoms with Crippen LogP contribution in [0.3, 0.4) is 0 Å². The van der Waals surface area contributed by atoms with Gasteiger partial charge in [0.1, 0.15) is 12.7 Å². The fourth-order valence-corrected chi connectivity index (χ4v) is 4.61. The number of imidazole rings is 1. The van der Waals surface area contributed by atoms with Gasteiger partial charge >= 0.3 is 12.2 Å². The van der Waals surface area contributed by atoms with Crippen molar-refractivity contribution in [2.75, 3.05) is 55.8 Å². The van der Waals surface area contributed by atoms with Crippen LogP contribution in [0.4, 0.5) is 35.2 Å². The first-order valence-corrected chi connectivity index (χ1v) is 12.9. The standard InChI is InChI=1S/C27H29F3N8O2/c1-31-24-23-25(33-16-32-24)38(17-34-23)22-6-4-20(5-7-22)35-26(39)36-21-14-18(13-19(15-21)27(28,29)30)3-2-8-37-9-11-40-12-10-37/h4-7,13-17H,2-3,8-12H2,1H3,(H,31,32,33)(H2,35,36,39). The van der Waals surface area contributed by atoms with Crippen LogP contribution in [0.25, 0.3) is 16.9 Å². The van der Waals surface area contributed by atoms with Crippen LogP contribution in [0.5, 0.6) is 0 Å². The molecule has 0 spiro atoms. The van der Waals surface area contributed by atoms with Crippen molar-refractivity contribution in [1.82, 2.24) is 24.4 Å². The Kier molecular flexibility index (Phi) is 8.12. The average Bonchev–Trinajstić information content (AvgIpc) is 3.38. The van der Waals surface area contributed by atoms with Gasteiger partial charge in [0.15, 0.2) is 17.0 Å². The Balaban J connectivity index is 1.24. The van der Waals surface area contributed by atoms with Crippen molar-refractivity contribution >= 4 is 34.4 Å². The lowest BCUT2D eigenvalue weighted by Gasteiger charge is -2.26. The Bertz CT molecular complexity index is 1470. The highest BCUT2D eigenvalue weighted by molar-refractivity contribution is 6.00. The van der Waals surface area contributed by atoms with Crippen molar-refractivity contribution in [1.29, 1.82) is 0 Å². The van der Waals surface area contributed by atoms with E-state index in [1.807, 2.05) is 0 Å². The largest absolute Gasteiger partial charge is 0.416 e. The maximum Gasteiger partial charge on any atom is 0.416 e. The first-order valence-electron chi connectivity index (χ1n) is 12.9. The third kappa shape index (κ3) is 6.49. The second kappa shape index (κ2) is 11.9. The number of rotatable bonds is 8. The van der Waals surface area contributed by atoms with E-state index < -0.39 is 17.8 Å². The smallest absolute Gasteiger partial charge is 0.379 e. The number of urea groups is 1. The number of alkyl halides is 3. The maximum absolute atomic E-state index is 13.6. The minimum absolute atomic E-state index is 0.0789. The Hall–Kier alpha value is -4.23. The maximum atomic E-state index is 13.6. The number of anilines is 3. The molecular weight excluding hydrogens is 525 g/mol. The van der Waals surface area contributed by atoms with Crippen LogP contribution in [-0.4, -0.2) is 70.3 Å². The summed E-state index contributed by atoms with van der Waals surface area (Å²) in [6, 6.07) is 9.94. The molecule has 0 bridgehead atoms. The summed E-state index contributed by atoms with van der Waals surface area (Å²) >= 11 is 0. The molecule has 0 atom stereocenters. The molecule has 0 radical (unpaired) electrons. The van der Waals surface area contributed by atoms with E-state index in [0.717, 1.165) is 37.5 Å². The van der Waals surface area contributed by atoms with Gasteiger partial charge in [-0.3, -0.25) is 9.47 Å². The van der Waals surface area contributed by atoms with Crippen LogP contribution in [0.15, 0.2) is 55.1 Å². The number of carbonyl (C=O) groups is 1. The normalized spacial score (nSPS) is 14.3. The van der Waals surface area contributed by atoms with Crippen LogP contribution in [0.1, 0.15) is 17.5 Å².